The van der Waals surface area contributed by atoms with Crippen molar-refractivity contribution in [3.63, 3.8) is 0 Å². The summed E-state index contributed by atoms with van der Waals surface area (Å²) in [5.74, 6) is 0. The Hall–Kier alpha value is -1.33. The van der Waals surface area contributed by atoms with E-state index in [1.807, 2.05) is 25.1 Å². The van der Waals surface area contributed by atoms with Gasteiger partial charge in [0.25, 0.3) is 0 Å². The van der Waals surface area contributed by atoms with Gasteiger partial charge < -0.3 is 5.73 Å². The van der Waals surface area contributed by atoms with E-state index in [0.717, 1.165) is 12.0 Å². The van der Waals surface area contributed by atoms with Gasteiger partial charge in [-0.2, -0.15) is 5.26 Å². The van der Waals surface area contributed by atoms with E-state index >= 15 is 0 Å². The van der Waals surface area contributed by atoms with Crippen LogP contribution in [0.1, 0.15) is 30.5 Å². The van der Waals surface area contributed by atoms with E-state index in [0.29, 0.717) is 5.56 Å². The fraction of sp³-hybridized carbons (Fsp3) is 0.300. The zero-order valence-corrected chi connectivity index (χ0v) is 7.12. The maximum absolute atomic E-state index is 8.63. The molecule has 1 rings (SSSR count). The third-order valence-corrected chi connectivity index (χ3v) is 1.88. The van der Waals surface area contributed by atoms with Crippen molar-refractivity contribution in [2.75, 3.05) is 0 Å². The number of nitrogens with zero attached hydrogens (tertiary/aromatic N) is 1. The van der Waals surface area contributed by atoms with Crippen LogP contribution in [0.2, 0.25) is 0 Å². The molecule has 0 aliphatic carbocycles. The largest absolute Gasteiger partial charge is 0.324 e. The first-order chi connectivity index (χ1) is 5.77. The van der Waals surface area contributed by atoms with E-state index in [9.17, 15) is 0 Å². The molecule has 0 saturated heterocycles. The summed E-state index contributed by atoms with van der Waals surface area (Å²) in [6.45, 7) is 2.03. The van der Waals surface area contributed by atoms with Crippen LogP contribution in [-0.2, 0) is 0 Å². The Labute approximate surface area is 72.6 Å². The van der Waals surface area contributed by atoms with Gasteiger partial charge >= 0.3 is 0 Å². The summed E-state index contributed by atoms with van der Waals surface area (Å²) >= 11 is 0. The van der Waals surface area contributed by atoms with Crippen molar-refractivity contribution in [3.05, 3.63) is 35.4 Å². The molecule has 0 radical (unpaired) electrons. The molecular weight excluding hydrogens is 148 g/mol. The molecule has 0 saturated carbocycles. The van der Waals surface area contributed by atoms with Gasteiger partial charge in [-0.25, -0.2) is 0 Å². The monoisotopic (exact) mass is 160 g/mol. The Morgan fingerprint density at radius 1 is 1.58 bits per heavy atom. The van der Waals surface area contributed by atoms with E-state index in [1.165, 1.54) is 0 Å². The fourth-order valence-electron chi connectivity index (χ4n) is 1.07. The van der Waals surface area contributed by atoms with Crippen LogP contribution < -0.4 is 5.73 Å². The van der Waals surface area contributed by atoms with E-state index < -0.39 is 0 Å². The van der Waals surface area contributed by atoms with Gasteiger partial charge in [0.15, 0.2) is 0 Å². The molecule has 1 aromatic rings. The Kier molecular flexibility index (Phi) is 2.84. The Bertz CT molecular complexity index is 299. The summed E-state index contributed by atoms with van der Waals surface area (Å²) in [5, 5.41) is 8.63. The molecule has 0 amide bonds. The van der Waals surface area contributed by atoms with E-state index in [1.54, 1.807) is 6.07 Å². The average molecular weight is 160 g/mol. The molecule has 1 aromatic carbocycles. The zero-order chi connectivity index (χ0) is 8.97. The highest BCUT2D eigenvalue weighted by atomic mass is 14.6. The van der Waals surface area contributed by atoms with E-state index in [2.05, 4.69) is 6.07 Å². The zero-order valence-electron chi connectivity index (χ0n) is 7.12. The van der Waals surface area contributed by atoms with Crippen molar-refractivity contribution < 1.29 is 0 Å². The number of rotatable bonds is 2. The van der Waals surface area contributed by atoms with E-state index in [-0.39, 0.29) is 6.04 Å². The molecule has 0 aliphatic rings. The van der Waals surface area contributed by atoms with Gasteiger partial charge in [-0.3, -0.25) is 0 Å². The lowest BCUT2D eigenvalue weighted by atomic mass is 10.0. The minimum Gasteiger partial charge on any atom is -0.324 e. The van der Waals surface area contributed by atoms with Gasteiger partial charge in [0, 0.05) is 6.04 Å². The molecule has 2 N–H and O–H groups in total. The second-order valence-corrected chi connectivity index (χ2v) is 2.75. The molecule has 0 spiro atoms. The smallest absolute Gasteiger partial charge is 0.0991 e. The standard InChI is InChI=1S/C10H12N2/c1-2-10(12)9-5-3-4-8(6-9)7-11/h3-6,10H,2,12H2,1H3/t10-/m0/s1. The Morgan fingerprint density at radius 3 is 2.92 bits per heavy atom. The molecule has 2 heteroatoms. The number of hydrogen-bond acceptors (Lipinski definition) is 2. The van der Waals surface area contributed by atoms with Crippen molar-refractivity contribution in [1.82, 2.24) is 0 Å². The minimum absolute atomic E-state index is 0.0540. The first-order valence-corrected chi connectivity index (χ1v) is 4.03. The Morgan fingerprint density at radius 2 is 2.33 bits per heavy atom. The van der Waals surface area contributed by atoms with Crippen LogP contribution in [0.3, 0.4) is 0 Å². The minimum atomic E-state index is 0.0540. The summed E-state index contributed by atoms with van der Waals surface area (Å²) in [6.07, 6.45) is 0.898. The number of benzene rings is 1. The predicted molar refractivity (Wildman–Crippen MR) is 48.4 cm³/mol. The van der Waals surface area contributed by atoms with Crippen LogP contribution in [0, 0.1) is 11.3 Å². The lowest BCUT2D eigenvalue weighted by Gasteiger charge is -2.08. The highest BCUT2D eigenvalue weighted by molar-refractivity contribution is 5.33. The molecule has 0 fully saturated rings. The van der Waals surface area contributed by atoms with Crippen LogP contribution in [-0.4, -0.2) is 0 Å². The molecule has 2 nitrogen and oxygen atoms in total. The maximum atomic E-state index is 8.63. The van der Waals surface area contributed by atoms with Crippen LogP contribution in [0.4, 0.5) is 0 Å². The van der Waals surface area contributed by atoms with Crippen molar-refractivity contribution in [2.24, 2.45) is 5.73 Å². The first kappa shape index (κ1) is 8.76. The van der Waals surface area contributed by atoms with Crippen molar-refractivity contribution >= 4 is 0 Å². The second kappa shape index (κ2) is 3.89. The fourth-order valence-corrected chi connectivity index (χ4v) is 1.07. The third kappa shape index (κ3) is 1.84. The highest BCUT2D eigenvalue weighted by Crippen LogP contribution is 2.14. The molecular formula is C10H12N2. The maximum Gasteiger partial charge on any atom is 0.0991 e. The summed E-state index contributed by atoms with van der Waals surface area (Å²) in [6, 6.07) is 9.59. The molecule has 0 aliphatic heterocycles. The molecule has 0 aromatic heterocycles. The summed E-state index contributed by atoms with van der Waals surface area (Å²) < 4.78 is 0. The van der Waals surface area contributed by atoms with Gasteiger partial charge in [0.05, 0.1) is 11.6 Å². The molecule has 12 heavy (non-hydrogen) atoms. The Balaban J connectivity index is 2.95. The van der Waals surface area contributed by atoms with Crippen molar-refractivity contribution in [3.8, 4) is 6.07 Å². The molecule has 0 heterocycles. The van der Waals surface area contributed by atoms with E-state index in [4.69, 9.17) is 11.0 Å². The van der Waals surface area contributed by atoms with Gasteiger partial charge in [0.1, 0.15) is 0 Å². The SMILES string of the molecule is CC[C@H](N)c1cccc(C#N)c1. The normalized spacial score (nSPS) is 12.1. The van der Waals surface area contributed by atoms with Gasteiger partial charge in [-0.1, -0.05) is 19.1 Å². The van der Waals surface area contributed by atoms with Gasteiger partial charge in [-0.05, 0) is 24.1 Å². The van der Waals surface area contributed by atoms with Crippen LogP contribution in [0.5, 0.6) is 0 Å². The number of nitriles is 1. The van der Waals surface area contributed by atoms with Gasteiger partial charge in [-0.15, -0.1) is 0 Å². The summed E-state index contributed by atoms with van der Waals surface area (Å²) in [5.41, 5.74) is 7.52. The molecule has 1 atom stereocenters. The molecule has 62 valence electrons. The lowest BCUT2D eigenvalue weighted by molar-refractivity contribution is 0.698. The predicted octanol–water partition coefficient (Wildman–Crippen LogP) is 1.97. The quantitative estimate of drug-likeness (QED) is 0.719. The second-order valence-electron chi connectivity index (χ2n) is 2.75. The van der Waals surface area contributed by atoms with Crippen LogP contribution in [0.25, 0.3) is 0 Å². The number of hydrogen-bond donors (Lipinski definition) is 1. The summed E-state index contributed by atoms with van der Waals surface area (Å²) in [7, 11) is 0. The lowest BCUT2D eigenvalue weighted by Crippen LogP contribution is -2.08. The highest BCUT2D eigenvalue weighted by Gasteiger charge is 2.02. The van der Waals surface area contributed by atoms with Crippen LogP contribution >= 0.6 is 0 Å². The third-order valence-electron chi connectivity index (χ3n) is 1.88. The van der Waals surface area contributed by atoms with Gasteiger partial charge in [0.2, 0.25) is 0 Å². The molecule has 0 unspecified atom stereocenters. The first-order valence-electron chi connectivity index (χ1n) is 4.03. The average Bonchev–Trinajstić information content (AvgIpc) is 2.17. The summed E-state index contributed by atoms with van der Waals surface area (Å²) in [4.78, 5) is 0. The van der Waals surface area contributed by atoms with Crippen molar-refractivity contribution in [2.45, 2.75) is 19.4 Å². The topological polar surface area (TPSA) is 49.8 Å². The van der Waals surface area contributed by atoms with Crippen LogP contribution in [0.15, 0.2) is 24.3 Å². The molecule has 0 bridgehead atoms. The number of nitrogens with two attached hydrogens (primary N) is 1. The van der Waals surface area contributed by atoms with Crippen molar-refractivity contribution in [1.29, 1.82) is 5.26 Å².